The van der Waals surface area contributed by atoms with E-state index in [1.54, 1.807) is 7.05 Å². The minimum Gasteiger partial charge on any atom is -0.481 e. The van der Waals surface area contributed by atoms with Gasteiger partial charge in [-0.1, -0.05) is 6.42 Å². The second kappa shape index (κ2) is 4.96. The highest BCUT2D eigenvalue weighted by molar-refractivity contribution is 5.89. The van der Waals surface area contributed by atoms with Crippen molar-refractivity contribution in [2.24, 2.45) is 11.8 Å². The third kappa shape index (κ3) is 2.47. The van der Waals surface area contributed by atoms with Gasteiger partial charge in [-0.05, 0) is 12.8 Å². The van der Waals surface area contributed by atoms with Gasteiger partial charge in [-0.15, -0.1) is 0 Å². The maximum atomic E-state index is 12.0. The lowest BCUT2D eigenvalue weighted by atomic mass is 10.0. The number of carbonyl (C=O) groups is 3. The Hall–Kier alpha value is -1.59. The van der Waals surface area contributed by atoms with E-state index in [2.05, 4.69) is 5.32 Å². The van der Waals surface area contributed by atoms with E-state index in [1.165, 1.54) is 4.90 Å². The molecule has 1 aliphatic heterocycles. The normalized spacial score (nSPS) is 31.7. The molecule has 2 aliphatic rings. The SMILES string of the molecule is CN1CC(C(=O)NC2CCCC2C(=O)O)CC1=O. The Morgan fingerprint density at radius 1 is 1.39 bits per heavy atom. The van der Waals surface area contributed by atoms with E-state index in [4.69, 9.17) is 5.11 Å². The lowest BCUT2D eigenvalue weighted by molar-refractivity contribution is -0.142. The lowest BCUT2D eigenvalue weighted by Crippen LogP contribution is -2.43. The summed E-state index contributed by atoms with van der Waals surface area (Å²) < 4.78 is 0. The van der Waals surface area contributed by atoms with Gasteiger partial charge in [-0.2, -0.15) is 0 Å². The van der Waals surface area contributed by atoms with Gasteiger partial charge >= 0.3 is 5.97 Å². The van der Waals surface area contributed by atoms with Gasteiger partial charge in [-0.3, -0.25) is 14.4 Å². The van der Waals surface area contributed by atoms with Gasteiger partial charge in [0, 0.05) is 26.1 Å². The molecule has 0 bridgehead atoms. The molecule has 2 rings (SSSR count). The Balaban J connectivity index is 1.91. The van der Waals surface area contributed by atoms with E-state index < -0.39 is 11.9 Å². The highest BCUT2D eigenvalue weighted by Gasteiger charge is 2.37. The summed E-state index contributed by atoms with van der Waals surface area (Å²) in [6, 6.07) is -0.281. The summed E-state index contributed by atoms with van der Waals surface area (Å²) >= 11 is 0. The third-order valence-corrected chi connectivity index (χ3v) is 3.87. The Kier molecular flexibility index (Phi) is 3.54. The average molecular weight is 254 g/mol. The topological polar surface area (TPSA) is 86.7 Å². The van der Waals surface area contributed by atoms with Crippen molar-refractivity contribution in [2.45, 2.75) is 31.7 Å². The molecule has 2 N–H and O–H groups in total. The van der Waals surface area contributed by atoms with Crippen LogP contribution in [0.5, 0.6) is 0 Å². The zero-order valence-electron chi connectivity index (χ0n) is 10.4. The molecule has 0 spiro atoms. The van der Waals surface area contributed by atoms with Crippen molar-refractivity contribution in [1.82, 2.24) is 10.2 Å². The average Bonchev–Trinajstić information content (AvgIpc) is 2.87. The number of amides is 2. The van der Waals surface area contributed by atoms with E-state index in [-0.39, 0.29) is 30.2 Å². The van der Waals surface area contributed by atoms with Crippen molar-refractivity contribution in [3.8, 4) is 0 Å². The molecule has 3 atom stereocenters. The van der Waals surface area contributed by atoms with E-state index in [0.29, 0.717) is 19.4 Å². The van der Waals surface area contributed by atoms with Crippen LogP contribution in [-0.4, -0.2) is 47.4 Å². The first-order chi connectivity index (χ1) is 8.49. The van der Waals surface area contributed by atoms with Crippen LogP contribution < -0.4 is 5.32 Å². The lowest BCUT2D eigenvalue weighted by Gasteiger charge is -2.19. The van der Waals surface area contributed by atoms with Gasteiger partial charge in [0.05, 0.1) is 11.8 Å². The van der Waals surface area contributed by atoms with Gasteiger partial charge in [0.15, 0.2) is 0 Å². The number of aliphatic carboxylic acids is 1. The van der Waals surface area contributed by atoms with Crippen LogP contribution in [0.3, 0.4) is 0 Å². The smallest absolute Gasteiger partial charge is 0.308 e. The van der Waals surface area contributed by atoms with Crippen molar-refractivity contribution in [3.63, 3.8) is 0 Å². The van der Waals surface area contributed by atoms with Crippen molar-refractivity contribution >= 4 is 17.8 Å². The molecule has 6 heteroatoms. The van der Waals surface area contributed by atoms with Crippen molar-refractivity contribution in [3.05, 3.63) is 0 Å². The van der Waals surface area contributed by atoms with Crippen LogP contribution in [0, 0.1) is 11.8 Å². The quantitative estimate of drug-likeness (QED) is 0.732. The van der Waals surface area contributed by atoms with E-state index in [9.17, 15) is 14.4 Å². The molecule has 18 heavy (non-hydrogen) atoms. The predicted molar refractivity (Wildman–Crippen MR) is 62.7 cm³/mol. The maximum Gasteiger partial charge on any atom is 0.308 e. The number of carboxylic acid groups (broad SMARTS) is 1. The molecule has 0 aromatic rings. The summed E-state index contributed by atoms with van der Waals surface area (Å²) in [4.78, 5) is 35.9. The number of carbonyl (C=O) groups excluding carboxylic acids is 2. The van der Waals surface area contributed by atoms with E-state index in [0.717, 1.165) is 6.42 Å². The second-order valence-electron chi connectivity index (χ2n) is 5.17. The largest absolute Gasteiger partial charge is 0.481 e. The van der Waals surface area contributed by atoms with Crippen molar-refractivity contribution in [1.29, 1.82) is 0 Å². The molecule has 2 amide bonds. The number of hydrogen-bond acceptors (Lipinski definition) is 3. The fourth-order valence-electron chi connectivity index (χ4n) is 2.77. The van der Waals surface area contributed by atoms with Crippen LogP contribution >= 0.6 is 0 Å². The molecule has 1 aliphatic carbocycles. The second-order valence-corrected chi connectivity index (χ2v) is 5.17. The van der Waals surface area contributed by atoms with E-state index >= 15 is 0 Å². The molecule has 1 saturated heterocycles. The zero-order valence-corrected chi connectivity index (χ0v) is 10.4. The molecule has 1 heterocycles. The van der Waals surface area contributed by atoms with Crippen LogP contribution in [0.1, 0.15) is 25.7 Å². The molecule has 6 nitrogen and oxygen atoms in total. The highest BCUT2D eigenvalue weighted by Crippen LogP contribution is 2.26. The highest BCUT2D eigenvalue weighted by atomic mass is 16.4. The molecule has 0 radical (unpaired) electrons. The zero-order chi connectivity index (χ0) is 13.3. The Morgan fingerprint density at radius 2 is 2.11 bits per heavy atom. The molecule has 3 unspecified atom stereocenters. The number of rotatable bonds is 3. The van der Waals surface area contributed by atoms with Gasteiger partial charge in [-0.25, -0.2) is 0 Å². The molecular formula is C12H18N2O4. The third-order valence-electron chi connectivity index (χ3n) is 3.87. The van der Waals surface area contributed by atoms with Crippen LogP contribution in [0.15, 0.2) is 0 Å². The number of likely N-dealkylation sites (tertiary alicyclic amines) is 1. The van der Waals surface area contributed by atoms with Crippen molar-refractivity contribution < 1.29 is 19.5 Å². The Bertz CT molecular complexity index is 382. The molecule has 2 fully saturated rings. The summed E-state index contributed by atoms with van der Waals surface area (Å²) in [5, 5.41) is 11.8. The van der Waals surface area contributed by atoms with Gasteiger partial charge in [0.1, 0.15) is 0 Å². The number of carboxylic acids is 1. The fraction of sp³-hybridized carbons (Fsp3) is 0.750. The van der Waals surface area contributed by atoms with Crippen LogP contribution in [-0.2, 0) is 14.4 Å². The van der Waals surface area contributed by atoms with Crippen LogP contribution in [0.25, 0.3) is 0 Å². The monoisotopic (exact) mass is 254 g/mol. The van der Waals surface area contributed by atoms with Crippen LogP contribution in [0.4, 0.5) is 0 Å². The van der Waals surface area contributed by atoms with E-state index in [1.807, 2.05) is 0 Å². The first kappa shape index (κ1) is 12.9. The number of hydrogen-bond donors (Lipinski definition) is 2. The molecule has 0 aromatic carbocycles. The molecule has 1 saturated carbocycles. The van der Waals surface area contributed by atoms with Gasteiger partial charge in [0.2, 0.25) is 11.8 Å². The molecule has 0 aromatic heterocycles. The standard InChI is InChI=1S/C12H18N2O4/c1-14-6-7(5-10(14)15)11(16)13-9-4-2-3-8(9)12(17)18/h7-9H,2-6H2,1H3,(H,13,16)(H,17,18). The number of nitrogens with zero attached hydrogens (tertiary/aromatic N) is 1. The summed E-state index contributed by atoms with van der Waals surface area (Å²) in [5.74, 6) is -1.89. The summed E-state index contributed by atoms with van der Waals surface area (Å²) in [5.41, 5.74) is 0. The first-order valence-corrected chi connectivity index (χ1v) is 6.26. The first-order valence-electron chi connectivity index (χ1n) is 6.26. The summed E-state index contributed by atoms with van der Waals surface area (Å²) in [6.07, 6.45) is 2.38. The summed E-state index contributed by atoms with van der Waals surface area (Å²) in [7, 11) is 1.67. The fourth-order valence-corrected chi connectivity index (χ4v) is 2.77. The predicted octanol–water partition coefficient (Wildman–Crippen LogP) is -0.166. The minimum absolute atomic E-state index is 0.0312. The molecule has 100 valence electrons. The van der Waals surface area contributed by atoms with Gasteiger partial charge in [0.25, 0.3) is 0 Å². The number of nitrogens with one attached hydrogen (secondary N) is 1. The van der Waals surface area contributed by atoms with Crippen molar-refractivity contribution in [2.75, 3.05) is 13.6 Å². The van der Waals surface area contributed by atoms with Crippen LogP contribution in [0.2, 0.25) is 0 Å². The molecular weight excluding hydrogens is 236 g/mol. The Morgan fingerprint density at radius 3 is 2.67 bits per heavy atom. The Labute approximate surface area is 105 Å². The maximum absolute atomic E-state index is 12.0. The summed E-state index contributed by atoms with van der Waals surface area (Å²) in [6.45, 7) is 0.426. The minimum atomic E-state index is -0.850. The van der Waals surface area contributed by atoms with Gasteiger partial charge < -0.3 is 15.3 Å².